The van der Waals surface area contributed by atoms with Gasteiger partial charge in [-0.15, -0.1) is 0 Å². The molecule has 1 unspecified atom stereocenters. The molecule has 0 spiro atoms. The number of aromatic amines is 1. The van der Waals surface area contributed by atoms with Gasteiger partial charge in [-0.1, -0.05) is 6.07 Å². The Morgan fingerprint density at radius 1 is 1.12 bits per heavy atom. The van der Waals surface area contributed by atoms with Gasteiger partial charge in [-0.2, -0.15) is 0 Å². The topological polar surface area (TPSA) is 85.5 Å². The van der Waals surface area contributed by atoms with Crippen molar-refractivity contribution in [3.05, 3.63) is 58.2 Å². The first-order valence-corrected chi connectivity index (χ1v) is 11.2. The van der Waals surface area contributed by atoms with Crippen molar-refractivity contribution in [3.63, 3.8) is 0 Å². The molecule has 0 aliphatic carbocycles. The number of likely N-dealkylation sites (tertiary alicyclic amines) is 1. The lowest BCUT2D eigenvalue weighted by atomic mass is 9.87. The third-order valence-electron chi connectivity index (χ3n) is 7.12. The molecule has 0 saturated carbocycles. The Balaban J connectivity index is 1.28. The van der Waals surface area contributed by atoms with Gasteiger partial charge in [0.1, 0.15) is 11.9 Å². The first kappa shape index (κ1) is 20.9. The molecular formula is C24H27FN4O3. The molecule has 2 fully saturated rings. The Labute approximate surface area is 186 Å². The number of piperidine rings is 2. The number of imide groups is 1. The summed E-state index contributed by atoms with van der Waals surface area (Å²) in [6.45, 7) is 5.02. The Morgan fingerprint density at radius 2 is 1.91 bits per heavy atom. The summed E-state index contributed by atoms with van der Waals surface area (Å²) in [5.41, 5.74) is 4.23. The van der Waals surface area contributed by atoms with Crippen LogP contribution in [0.15, 0.2) is 24.4 Å². The summed E-state index contributed by atoms with van der Waals surface area (Å²) in [6.07, 6.45) is 4.19. The van der Waals surface area contributed by atoms with Gasteiger partial charge in [-0.05, 0) is 74.0 Å². The highest BCUT2D eigenvalue weighted by atomic mass is 19.1. The first-order chi connectivity index (χ1) is 15.4. The third kappa shape index (κ3) is 3.72. The van der Waals surface area contributed by atoms with Crippen LogP contribution in [0, 0.1) is 12.7 Å². The highest BCUT2D eigenvalue weighted by Gasteiger charge is 2.40. The van der Waals surface area contributed by atoms with Crippen LogP contribution in [0.25, 0.3) is 0 Å². The molecule has 4 heterocycles. The van der Waals surface area contributed by atoms with Gasteiger partial charge in [0.15, 0.2) is 0 Å². The lowest BCUT2D eigenvalue weighted by Gasteiger charge is -2.32. The number of nitrogens with zero attached hydrogens (tertiary/aromatic N) is 2. The molecule has 3 aliphatic rings. The number of carbonyl (C=O) groups excluding carboxylic acids is 3. The zero-order valence-corrected chi connectivity index (χ0v) is 18.1. The monoisotopic (exact) mass is 438 g/mol. The van der Waals surface area contributed by atoms with Crippen LogP contribution in [0.1, 0.15) is 64.3 Å². The fraction of sp³-hybridized carbons (Fsp3) is 0.458. The molecule has 5 rings (SSSR count). The number of fused-ring (bicyclic) bond motifs is 1. The number of amides is 3. The standard InChI is InChI=1S/C24H27FN4O3/c1-14-4-7-26-20(14)13-28-8-5-15(6-9-28)17-10-16-12-29(24(32)18(16)11-19(17)25)21-2-3-22(30)27-23(21)31/h4,7,10-11,15,21,26H,2-3,5-6,8-9,12-13H2,1H3,(H,27,30,31). The van der Waals surface area contributed by atoms with Crippen LogP contribution in [-0.4, -0.2) is 51.6 Å². The third-order valence-corrected chi connectivity index (χ3v) is 7.12. The van der Waals surface area contributed by atoms with Crippen molar-refractivity contribution in [1.82, 2.24) is 20.1 Å². The lowest BCUT2D eigenvalue weighted by molar-refractivity contribution is -0.136. The Bertz CT molecular complexity index is 1090. The van der Waals surface area contributed by atoms with E-state index < -0.39 is 11.9 Å². The van der Waals surface area contributed by atoms with Crippen LogP contribution < -0.4 is 5.32 Å². The molecule has 2 N–H and O–H groups in total. The van der Waals surface area contributed by atoms with E-state index in [9.17, 15) is 14.4 Å². The average Bonchev–Trinajstić information content (AvgIpc) is 3.31. The van der Waals surface area contributed by atoms with Crippen molar-refractivity contribution in [2.24, 2.45) is 0 Å². The van der Waals surface area contributed by atoms with Crippen LogP contribution in [0.3, 0.4) is 0 Å². The Morgan fingerprint density at radius 3 is 2.59 bits per heavy atom. The van der Waals surface area contributed by atoms with Crippen LogP contribution >= 0.6 is 0 Å². The number of aromatic nitrogens is 1. The highest BCUT2D eigenvalue weighted by Crippen LogP contribution is 2.35. The second-order valence-corrected chi connectivity index (χ2v) is 9.12. The Kier molecular flexibility index (Phi) is 5.33. The van der Waals surface area contributed by atoms with E-state index in [1.165, 1.54) is 22.2 Å². The summed E-state index contributed by atoms with van der Waals surface area (Å²) in [5, 5.41) is 2.30. The summed E-state index contributed by atoms with van der Waals surface area (Å²) in [7, 11) is 0. The van der Waals surface area contributed by atoms with Gasteiger partial charge >= 0.3 is 0 Å². The zero-order chi connectivity index (χ0) is 22.4. The van der Waals surface area contributed by atoms with Crippen molar-refractivity contribution in [1.29, 1.82) is 0 Å². The van der Waals surface area contributed by atoms with Gasteiger partial charge in [0, 0.05) is 37.0 Å². The summed E-state index contributed by atoms with van der Waals surface area (Å²) >= 11 is 0. The molecule has 1 atom stereocenters. The van der Waals surface area contributed by atoms with Crippen molar-refractivity contribution < 1.29 is 18.8 Å². The molecule has 3 aliphatic heterocycles. The number of aryl methyl sites for hydroxylation is 1. The number of hydrogen-bond acceptors (Lipinski definition) is 4. The van der Waals surface area contributed by atoms with Crippen LogP contribution in [-0.2, 0) is 22.7 Å². The lowest BCUT2D eigenvalue weighted by Crippen LogP contribution is -2.52. The van der Waals surface area contributed by atoms with Gasteiger partial charge in [0.05, 0.1) is 0 Å². The van der Waals surface area contributed by atoms with Crippen molar-refractivity contribution >= 4 is 17.7 Å². The van der Waals surface area contributed by atoms with Gasteiger partial charge < -0.3 is 9.88 Å². The number of benzene rings is 1. The summed E-state index contributed by atoms with van der Waals surface area (Å²) < 4.78 is 15.0. The molecular weight excluding hydrogens is 411 g/mol. The fourth-order valence-corrected chi connectivity index (χ4v) is 5.20. The number of rotatable bonds is 4. The minimum Gasteiger partial charge on any atom is -0.364 e. The zero-order valence-electron chi connectivity index (χ0n) is 18.1. The van der Waals surface area contributed by atoms with Gasteiger partial charge in [0.2, 0.25) is 11.8 Å². The minimum absolute atomic E-state index is 0.112. The number of nitrogens with one attached hydrogen (secondary N) is 2. The largest absolute Gasteiger partial charge is 0.364 e. The molecule has 1 aromatic heterocycles. The SMILES string of the molecule is Cc1cc[nH]c1CN1CCC(c2cc3c(cc2F)C(=O)N(C2CCC(=O)NC2=O)C3)CC1. The van der Waals surface area contributed by atoms with E-state index in [1.807, 2.05) is 12.3 Å². The van der Waals surface area contributed by atoms with Crippen LogP contribution in [0.2, 0.25) is 0 Å². The maximum Gasteiger partial charge on any atom is 0.255 e. The van der Waals surface area contributed by atoms with E-state index in [4.69, 9.17) is 0 Å². The molecule has 2 saturated heterocycles. The summed E-state index contributed by atoms with van der Waals surface area (Å²) in [5.74, 6) is -1.34. The summed E-state index contributed by atoms with van der Waals surface area (Å²) in [6, 6.07) is 4.55. The molecule has 3 amide bonds. The second kappa shape index (κ2) is 8.16. The molecule has 8 heteroatoms. The van der Waals surface area contributed by atoms with Crippen molar-refractivity contribution in [3.8, 4) is 0 Å². The van der Waals surface area contributed by atoms with E-state index in [-0.39, 0.29) is 36.5 Å². The number of hydrogen-bond donors (Lipinski definition) is 2. The molecule has 2 aromatic rings. The van der Waals surface area contributed by atoms with E-state index >= 15 is 4.39 Å². The normalized spacial score (nSPS) is 22.4. The molecule has 168 valence electrons. The van der Waals surface area contributed by atoms with Crippen molar-refractivity contribution in [2.45, 2.75) is 57.7 Å². The predicted molar refractivity (Wildman–Crippen MR) is 115 cm³/mol. The molecule has 32 heavy (non-hydrogen) atoms. The van der Waals surface area contributed by atoms with Gasteiger partial charge in [-0.3, -0.25) is 24.6 Å². The van der Waals surface area contributed by atoms with E-state index in [0.717, 1.165) is 38.0 Å². The predicted octanol–water partition coefficient (Wildman–Crippen LogP) is 2.60. The quantitative estimate of drug-likeness (QED) is 0.719. The molecule has 0 bridgehead atoms. The van der Waals surface area contributed by atoms with E-state index in [1.54, 1.807) is 0 Å². The Hall–Kier alpha value is -3.00. The minimum atomic E-state index is -0.682. The number of halogens is 1. The number of carbonyl (C=O) groups is 3. The smallest absolute Gasteiger partial charge is 0.255 e. The first-order valence-electron chi connectivity index (χ1n) is 11.2. The molecule has 1 aromatic carbocycles. The van der Waals surface area contributed by atoms with Crippen molar-refractivity contribution in [2.75, 3.05) is 13.1 Å². The maximum absolute atomic E-state index is 15.0. The second-order valence-electron chi connectivity index (χ2n) is 9.12. The van der Waals surface area contributed by atoms with Gasteiger partial charge in [-0.25, -0.2) is 4.39 Å². The fourth-order valence-electron chi connectivity index (χ4n) is 5.20. The summed E-state index contributed by atoms with van der Waals surface area (Å²) in [4.78, 5) is 43.7. The van der Waals surface area contributed by atoms with Crippen LogP contribution in [0.5, 0.6) is 0 Å². The highest BCUT2D eigenvalue weighted by molar-refractivity contribution is 6.05. The average molecular weight is 439 g/mol. The maximum atomic E-state index is 15.0. The van der Waals surface area contributed by atoms with Gasteiger partial charge in [0.25, 0.3) is 5.91 Å². The number of H-pyrrole nitrogens is 1. The van der Waals surface area contributed by atoms with E-state index in [2.05, 4.69) is 28.2 Å². The molecule has 7 nitrogen and oxygen atoms in total. The van der Waals surface area contributed by atoms with Crippen LogP contribution in [0.4, 0.5) is 4.39 Å². The van der Waals surface area contributed by atoms with E-state index in [0.29, 0.717) is 17.5 Å². The molecule has 0 radical (unpaired) electrons.